The summed E-state index contributed by atoms with van der Waals surface area (Å²) in [6.07, 6.45) is -0.00917. The van der Waals surface area contributed by atoms with Gasteiger partial charge in [-0.25, -0.2) is 4.98 Å². The number of aliphatic hydroxyl groups is 1. The lowest BCUT2D eigenvalue weighted by molar-refractivity contribution is 0.182. The molecule has 0 saturated carbocycles. The Balaban J connectivity index is 2.16. The maximum absolute atomic E-state index is 10.2. The molecule has 17 heavy (non-hydrogen) atoms. The molecule has 0 bridgehead atoms. The molecule has 2 heterocycles. The molecule has 5 heteroatoms. The molecule has 1 atom stereocenters. The Hall–Kier alpha value is -0.420. The van der Waals surface area contributed by atoms with Crippen molar-refractivity contribution in [2.24, 2.45) is 0 Å². The van der Waals surface area contributed by atoms with Crippen molar-refractivity contribution >= 4 is 34.3 Å². The standard InChI is InChI=1S/C12H14ClNOS2/c1-6-5-16-12(11(6)13)9(15)4-10-14-7(2)8(3)17-10/h5,9,15H,4H2,1-3H3. The number of rotatable bonds is 3. The van der Waals surface area contributed by atoms with Crippen LogP contribution in [0, 0.1) is 20.8 Å². The van der Waals surface area contributed by atoms with Gasteiger partial charge in [-0.2, -0.15) is 0 Å². The molecule has 0 aromatic carbocycles. The number of hydrogen-bond acceptors (Lipinski definition) is 4. The van der Waals surface area contributed by atoms with Crippen molar-refractivity contribution in [2.75, 3.05) is 0 Å². The van der Waals surface area contributed by atoms with Crippen LogP contribution < -0.4 is 0 Å². The van der Waals surface area contributed by atoms with Crippen molar-refractivity contribution in [3.8, 4) is 0 Å². The first kappa shape index (κ1) is 13.0. The molecule has 2 nitrogen and oxygen atoms in total. The Morgan fingerprint density at radius 2 is 2.12 bits per heavy atom. The number of halogens is 1. The van der Waals surface area contributed by atoms with E-state index in [4.69, 9.17) is 11.6 Å². The molecule has 92 valence electrons. The van der Waals surface area contributed by atoms with Gasteiger partial charge in [0.2, 0.25) is 0 Å². The van der Waals surface area contributed by atoms with Crippen LogP contribution in [0.15, 0.2) is 5.38 Å². The Labute approximate surface area is 114 Å². The van der Waals surface area contributed by atoms with Crippen molar-refractivity contribution < 1.29 is 5.11 Å². The van der Waals surface area contributed by atoms with E-state index in [1.165, 1.54) is 16.2 Å². The van der Waals surface area contributed by atoms with Crippen LogP contribution >= 0.6 is 34.3 Å². The summed E-state index contributed by atoms with van der Waals surface area (Å²) in [5, 5.41) is 13.8. The number of aliphatic hydroxyl groups excluding tert-OH is 1. The monoisotopic (exact) mass is 287 g/mol. The maximum Gasteiger partial charge on any atom is 0.0960 e. The van der Waals surface area contributed by atoms with Crippen LogP contribution in [0.4, 0.5) is 0 Å². The molecule has 0 saturated heterocycles. The largest absolute Gasteiger partial charge is 0.387 e. The van der Waals surface area contributed by atoms with Gasteiger partial charge >= 0.3 is 0 Å². The zero-order valence-corrected chi connectivity index (χ0v) is 12.3. The highest BCUT2D eigenvalue weighted by Crippen LogP contribution is 2.34. The number of nitrogens with zero attached hydrogens (tertiary/aromatic N) is 1. The summed E-state index contributed by atoms with van der Waals surface area (Å²) in [6.45, 7) is 5.99. The van der Waals surface area contributed by atoms with Crippen molar-refractivity contribution in [3.63, 3.8) is 0 Å². The molecule has 2 aromatic heterocycles. The maximum atomic E-state index is 10.2. The fourth-order valence-electron chi connectivity index (χ4n) is 1.56. The van der Waals surface area contributed by atoms with E-state index in [9.17, 15) is 5.11 Å². The van der Waals surface area contributed by atoms with Gasteiger partial charge in [-0.1, -0.05) is 11.6 Å². The van der Waals surface area contributed by atoms with Crippen LogP contribution in [0.3, 0.4) is 0 Å². The quantitative estimate of drug-likeness (QED) is 0.923. The van der Waals surface area contributed by atoms with Crippen LogP contribution in [0.2, 0.25) is 5.02 Å². The number of thiophene rings is 1. The van der Waals surface area contributed by atoms with Gasteiger partial charge in [-0.05, 0) is 31.7 Å². The van der Waals surface area contributed by atoms with Gasteiger partial charge in [-0.3, -0.25) is 0 Å². The molecule has 0 aliphatic rings. The molecule has 1 unspecified atom stereocenters. The van der Waals surface area contributed by atoms with Crippen molar-refractivity contribution in [1.82, 2.24) is 4.98 Å². The van der Waals surface area contributed by atoms with Gasteiger partial charge in [0.05, 0.1) is 26.7 Å². The topological polar surface area (TPSA) is 33.1 Å². The van der Waals surface area contributed by atoms with Gasteiger partial charge in [-0.15, -0.1) is 22.7 Å². The molecule has 0 aliphatic carbocycles. The van der Waals surface area contributed by atoms with E-state index in [0.717, 1.165) is 21.1 Å². The summed E-state index contributed by atoms with van der Waals surface area (Å²) in [4.78, 5) is 6.48. The SMILES string of the molecule is Cc1csc(C(O)Cc2nc(C)c(C)s2)c1Cl. The van der Waals surface area contributed by atoms with Crippen LogP contribution in [0.25, 0.3) is 0 Å². The number of aromatic nitrogens is 1. The molecule has 2 rings (SSSR count). The number of thiazole rings is 1. The van der Waals surface area contributed by atoms with Gasteiger partial charge in [0, 0.05) is 11.3 Å². The number of aryl methyl sites for hydroxylation is 3. The van der Waals surface area contributed by atoms with Gasteiger partial charge in [0.25, 0.3) is 0 Å². The third kappa shape index (κ3) is 2.71. The van der Waals surface area contributed by atoms with E-state index in [1.54, 1.807) is 11.3 Å². The van der Waals surface area contributed by atoms with Gasteiger partial charge in [0.1, 0.15) is 0 Å². The number of hydrogen-bond donors (Lipinski definition) is 1. The highest BCUT2D eigenvalue weighted by molar-refractivity contribution is 7.12. The summed E-state index contributed by atoms with van der Waals surface area (Å²) in [5.74, 6) is 0. The minimum Gasteiger partial charge on any atom is -0.387 e. The molecule has 0 aliphatic heterocycles. The van der Waals surface area contributed by atoms with E-state index < -0.39 is 6.10 Å². The van der Waals surface area contributed by atoms with E-state index in [1.807, 2.05) is 26.2 Å². The summed E-state index contributed by atoms with van der Waals surface area (Å²) in [5.41, 5.74) is 2.07. The normalized spacial score (nSPS) is 13.0. The second-order valence-corrected chi connectivity index (χ2v) is 6.64. The summed E-state index contributed by atoms with van der Waals surface area (Å²) >= 11 is 9.29. The van der Waals surface area contributed by atoms with Crippen molar-refractivity contribution in [1.29, 1.82) is 0 Å². The zero-order valence-electron chi connectivity index (χ0n) is 9.95. The lowest BCUT2D eigenvalue weighted by atomic mass is 10.2. The highest BCUT2D eigenvalue weighted by Gasteiger charge is 2.17. The van der Waals surface area contributed by atoms with Crippen LogP contribution in [0.5, 0.6) is 0 Å². The predicted molar refractivity (Wildman–Crippen MR) is 74.3 cm³/mol. The van der Waals surface area contributed by atoms with E-state index >= 15 is 0 Å². The molecule has 0 fully saturated rings. The molecule has 0 spiro atoms. The van der Waals surface area contributed by atoms with Crippen LogP contribution in [0.1, 0.15) is 32.1 Å². The Bertz CT molecular complexity index is 513. The fraction of sp³-hybridized carbons (Fsp3) is 0.417. The van der Waals surface area contributed by atoms with E-state index in [2.05, 4.69) is 4.98 Å². The smallest absolute Gasteiger partial charge is 0.0960 e. The molecule has 1 N–H and O–H groups in total. The zero-order chi connectivity index (χ0) is 12.6. The summed E-state index contributed by atoms with van der Waals surface area (Å²) in [7, 11) is 0. The summed E-state index contributed by atoms with van der Waals surface area (Å²) < 4.78 is 0. The summed E-state index contributed by atoms with van der Waals surface area (Å²) in [6, 6.07) is 0. The van der Waals surface area contributed by atoms with Crippen molar-refractivity contribution in [3.05, 3.63) is 36.4 Å². The third-order valence-electron chi connectivity index (χ3n) is 2.67. The molecule has 2 aromatic rings. The fourth-order valence-corrected chi connectivity index (χ4v) is 3.83. The highest BCUT2D eigenvalue weighted by atomic mass is 35.5. The Morgan fingerprint density at radius 1 is 1.41 bits per heavy atom. The van der Waals surface area contributed by atoms with Gasteiger partial charge < -0.3 is 5.11 Å². The average molecular weight is 288 g/mol. The third-order valence-corrected chi connectivity index (χ3v) is 5.58. The first-order valence-electron chi connectivity index (χ1n) is 5.33. The first-order valence-corrected chi connectivity index (χ1v) is 7.41. The first-order chi connectivity index (χ1) is 7.99. The molecular weight excluding hydrogens is 274 g/mol. The second-order valence-electron chi connectivity index (χ2n) is 4.07. The Kier molecular flexibility index (Phi) is 3.88. The van der Waals surface area contributed by atoms with Gasteiger partial charge in [0.15, 0.2) is 0 Å². The molecule has 0 amide bonds. The molecular formula is C12H14ClNOS2. The predicted octanol–water partition coefficient (Wildman–Crippen LogP) is 4.06. The van der Waals surface area contributed by atoms with E-state index in [0.29, 0.717) is 11.4 Å². The van der Waals surface area contributed by atoms with Crippen LogP contribution in [-0.4, -0.2) is 10.1 Å². The minimum absolute atomic E-state index is 0.541. The lowest BCUT2D eigenvalue weighted by Gasteiger charge is -2.07. The Morgan fingerprint density at radius 3 is 2.59 bits per heavy atom. The van der Waals surface area contributed by atoms with E-state index in [-0.39, 0.29) is 0 Å². The molecule has 0 radical (unpaired) electrons. The van der Waals surface area contributed by atoms with Crippen LogP contribution in [-0.2, 0) is 6.42 Å². The van der Waals surface area contributed by atoms with Crippen molar-refractivity contribution in [2.45, 2.75) is 33.3 Å². The second kappa shape index (κ2) is 5.06. The minimum atomic E-state index is -0.550. The lowest BCUT2D eigenvalue weighted by Crippen LogP contribution is -2.00. The average Bonchev–Trinajstić information content (AvgIpc) is 2.73.